The minimum Gasteiger partial charge on any atom is -0.354 e. The molecule has 4 nitrogen and oxygen atoms in total. The molecular weight excluding hydrogens is 309 g/mol. The SMILES string of the molecule is [B]N(CC(C)(C)[C@H]1[C@@H](C)c2cccc3c2N1C(C)C(=O)N3)C(C)(C)C. The third kappa shape index (κ3) is 2.86. The maximum absolute atomic E-state index is 12.5. The minimum absolute atomic E-state index is 0.0694. The maximum Gasteiger partial charge on any atom is 0.246 e. The predicted octanol–water partition coefficient (Wildman–Crippen LogP) is 3.53. The number of hydrogen-bond acceptors (Lipinski definition) is 3. The molecule has 0 spiro atoms. The van der Waals surface area contributed by atoms with Gasteiger partial charge in [-0.3, -0.25) is 4.79 Å². The van der Waals surface area contributed by atoms with E-state index in [1.54, 1.807) is 0 Å². The topological polar surface area (TPSA) is 35.6 Å². The fourth-order valence-corrected chi connectivity index (χ4v) is 4.49. The van der Waals surface area contributed by atoms with E-state index in [2.05, 4.69) is 57.8 Å². The number of anilines is 2. The van der Waals surface area contributed by atoms with Crippen LogP contribution in [0.4, 0.5) is 11.4 Å². The van der Waals surface area contributed by atoms with Crippen LogP contribution in [-0.2, 0) is 4.79 Å². The second kappa shape index (κ2) is 5.77. The van der Waals surface area contributed by atoms with Crippen LogP contribution >= 0.6 is 0 Å². The lowest BCUT2D eigenvalue weighted by Crippen LogP contribution is -2.58. The number of nitrogens with one attached hydrogen (secondary N) is 1. The molecule has 1 N–H and O–H groups in total. The molecule has 0 aliphatic carbocycles. The van der Waals surface area contributed by atoms with Gasteiger partial charge in [0.25, 0.3) is 0 Å². The normalized spacial score (nSPS) is 26.0. The van der Waals surface area contributed by atoms with Crippen LogP contribution in [0.5, 0.6) is 0 Å². The minimum atomic E-state index is -0.177. The molecule has 25 heavy (non-hydrogen) atoms. The van der Waals surface area contributed by atoms with E-state index in [0.29, 0.717) is 5.92 Å². The van der Waals surface area contributed by atoms with Crippen molar-refractivity contribution in [1.29, 1.82) is 0 Å². The highest BCUT2D eigenvalue weighted by Crippen LogP contribution is 2.53. The van der Waals surface area contributed by atoms with E-state index in [9.17, 15) is 4.79 Å². The van der Waals surface area contributed by atoms with Gasteiger partial charge >= 0.3 is 0 Å². The summed E-state index contributed by atoms with van der Waals surface area (Å²) in [6, 6.07) is 6.28. The molecule has 1 amide bonds. The number of carbonyl (C=O) groups is 1. The highest BCUT2D eigenvalue weighted by atomic mass is 16.2. The summed E-state index contributed by atoms with van der Waals surface area (Å²) in [5.74, 6) is 0.411. The van der Waals surface area contributed by atoms with Gasteiger partial charge in [0.2, 0.25) is 5.91 Å². The van der Waals surface area contributed by atoms with Gasteiger partial charge in [-0.05, 0) is 51.3 Å². The number of carbonyl (C=O) groups excluding carboxylic acids is 1. The Hall–Kier alpha value is -1.49. The van der Waals surface area contributed by atoms with Gasteiger partial charge in [-0.2, -0.15) is 0 Å². The van der Waals surface area contributed by atoms with Crippen molar-refractivity contribution in [2.75, 3.05) is 16.8 Å². The van der Waals surface area contributed by atoms with E-state index >= 15 is 0 Å². The highest BCUT2D eigenvalue weighted by Gasteiger charge is 2.50. The Morgan fingerprint density at radius 2 is 1.84 bits per heavy atom. The van der Waals surface area contributed by atoms with Gasteiger partial charge in [-0.1, -0.05) is 32.9 Å². The maximum atomic E-state index is 12.5. The lowest BCUT2D eigenvalue weighted by Gasteiger charge is -2.48. The van der Waals surface area contributed by atoms with E-state index in [0.717, 1.165) is 12.2 Å². The van der Waals surface area contributed by atoms with Gasteiger partial charge < -0.3 is 15.0 Å². The summed E-state index contributed by atoms with van der Waals surface area (Å²) in [5.41, 5.74) is 3.28. The zero-order valence-corrected chi connectivity index (χ0v) is 16.6. The lowest BCUT2D eigenvalue weighted by molar-refractivity contribution is -0.117. The smallest absolute Gasteiger partial charge is 0.246 e. The summed E-state index contributed by atoms with van der Waals surface area (Å²) in [4.78, 5) is 16.8. The van der Waals surface area contributed by atoms with Crippen LogP contribution in [0.3, 0.4) is 0 Å². The van der Waals surface area contributed by atoms with Crippen molar-refractivity contribution in [2.24, 2.45) is 5.41 Å². The third-order valence-corrected chi connectivity index (χ3v) is 5.88. The predicted molar refractivity (Wildman–Crippen MR) is 105 cm³/mol. The van der Waals surface area contributed by atoms with E-state index < -0.39 is 0 Å². The Morgan fingerprint density at radius 1 is 1.20 bits per heavy atom. The Labute approximate surface area is 153 Å². The lowest BCUT2D eigenvalue weighted by atomic mass is 9.75. The van der Waals surface area contributed by atoms with Gasteiger partial charge in [0.05, 0.1) is 11.4 Å². The van der Waals surface area contributed by atoms with Crippen LogP contribution in [0.1, 0.15) is 59.9 Å². The average Bonchev–Trinajstić information content (AvgIpc) is 2.79. The summed E-state index contributed by atoms with van der Waals surface area (Å²) in [5, 5.41) is 3.06. The monoisotopic (exact) mass is 339 g/mol. The summed E-state index contributed by atoms with van der Waals surface area (Å²) in [6.45, 7) is 16.0. The Morgan fingerprint density at radius 3 is 2.44 bits per heavy atom. The molecule has 134 valence electrons. The standard InChI is InChI=1S/C20H30BN3O/c1-12-14-9-8-10-15-16(14)24(13(2)18(25)22-15)17(12)20(6,7)11-23(21)19(3,4)5/h8-10,12-13,17H,11H2,1-7H3,(H,22,25)/t12-,13?,17+/m0/s1. The van der Waals surface area contributed by atoms with Gasteiger partial charge in [0.1, 0.15) is 6.04 Å². The molecule has 0 saturated heterocycles. The molecule has 1 aromatic carbocycles. The zero-order valence-electron chi connectivity index (χ0n) is 16.6. The second-order valence-electron chi connectivity index (χ2n) is 9.34. The molecule has 2 aliphatic rings. The first-order valence-corrected chi connectivity index (χ1v) is 9.19. The number of para-hydroxylation sites is 1. The van der Waals surface area contributed by atoms with Crippen LogP contribution in [0, 0.1) is 5.41 Å². The first kappa shape index (κ1) is 18.3. The van der Waals surface area contributed by atoms with Crippen LogP contribution in [-0.4, -0.2) is 42.9 Å². The summed E-state index contributed by atoms with van der Waals surface area (Å²) >= 11 is 0. The van der Waals surface area contributed by atoms with Crippen LogP contribution in [0.15, 0.2) is 18.2 Å². The van der Waals surface area contributed by atoms with E-state index in [-0.39, 0.29) is 28.9 Å². The number of hydrogen-bond donors (Lipinski definition) is 1. The van der Waals surface area contributed by atoms with Crippen LogP contribution in [0.25, 0.3) is 0 Å². The first-order chi connectivity index (χ1) is 11.4. The number of benzene rings is 1. The van der Waals surface area contributed by atoms with Crippen molar-refractivity contribution in [3.8, 4) is 0 Å². The summed E-state index contributed by atoms with van der Waals surface area (Å²) in [7, 11) is 6.38. The molecule has 2 heterocycles. The number of amides is 1. The summed E-state index contributed by atoms with van der Waals surface area (Å²) in [6.07, 6.45) is 0. The molecule has 1 aromatic rings. The summed E-state index contributed by atoms with van der Waals surface area (Å²) < 4.78 is 0. The van der Waals surface area contributed by atoms with Gasteiger partial charge in [0, 0.05) is 17.5 Å². The van der Waals surface area contributed by atoms with Crippen molar-refractivity contribution in [3.63, 3.8) is 0 Å². The van der Waals surface area contributed by atoms with Gasteiger partial charge in [-0.15, -0.1) is 0 Å². The second-order valence-corrected chi connectivity index (χ2v) is 9.34. The molecule has 3 rings (SSSR count). The number of nitrogens with zero attached hydrogens (tertiary/aromatic N) is 2. The molecule has 2 aliphatic heterocycles. The third-order valence-electron chi connectivity index (χ3n) is 5.88. The van der Waals surface area contributed by atoms with E-state index in [1.807, 2.05) is 23.9 Å². The molecule has 0 fully saturated rings. The van der Waals surface area contributed by atoms with Crippen molar-refractivity contribution in [3.05, 3.63) is 23.8 Å². The molecule has 3 atom stereocenters. The fraction of sp³-hybridized carbons (Fsp3) is 0.650. The fourth-order valence-electron chi connectivity index (χ4n) is 4.49. The molecule has 0 bridgehead atoms. The molecule has 5 heteroatoms. The van der Waals surface area contributed by atoms with Crippen molar-refractivity contribution in [1.82, 2.24) is 4.81 Å². The van der Waals surface area contributed by atoms with Crippen molar-refractivity contribution < 1.29 is 4.79 Å². The Balaban J connectivity index is 2.03. The van der Waals surface area contributed by atoms with E-state index in [4.69, 9.17) is 7.98 Å². The first-order valence-electron chi connectivity index (χ1n) is 9.19. The zero-order chi connectivity index (χ0) is 18.7. The molecular formula is C20H30BN3O. The largest absolute Gasteiger partial charge is 0.354 e. The van der Waals surface area contributed by atoms with Crippen LogP contribution < -0.4 is 10.2 Å². The molecule has 2 radical (unpaired) electrons. The van der Waals surface area contributed by atoms with Gasteiger partial charge in [0.15, 0.2) is 7.98 Å². The number of rotatable bonds is 3. The van der Waals surface area contributed by atoms with Crippen LogP contribution in [0.2, 0.25) is 0 Å². The Bertz CT molecular complexity index is 695. The van der Waals surface area contributed by atoms with Crippen molar-refractivity contribution >= 4 is 25.3 Å². The van der Waals surface area contributed by atoms with Crippen molar-refractivity contribution in [2.45, 2.75) is 72.0 Å². The highest BCUT2D eigenvalue weighted by molar-refractivity contribution is 6.05. The quantitative estimate of drug-likeness (QED) is 0.856. The average molecular weight is 339 g/mol. The Kier molecular flexibility index (Phi) is 4.22. The van der Waals surface area contributed by atoms with E-state index in [1.165, 1.54) is 11.3 Å². The molecule has 0 saturated carbocycles. The molecule has 1 unspecified atom stereocenters. The van der Waals surface area contributed by atoms with Gasteiger partial charge in [-0.25, -0.2) is 0 Å². The molecule has 0 aromatic heterocycles.